The number of hydrogen-bond donors (Lipinski definition) is 1. The highest BCUT2D eigenvalue weighted by Crippen LogP contribution is 2.41. The number of fused-ring (bicyclic) bond motifs is 1. The van der Waals surface area contributed by atoms with Crippen molar-refractivity contribution in [3.8, 4) is 0 Å². The van der Waals surface area contributed by atoms with Crippen molar-refractivity contribution in [2.45, 2.75) is 133 Å². The molecule has 1 saturated carbocycles. The number of hydrogen-bond acceptors (Lipinski definition) is 11. The van der Waals surface area contributed by atoms with Crippen LogP contribution in [0.4, 0.5) is 0 Å². The Morgan fingerprint density at radius 1 is 0.449 bits per heavy atom. The third-order valence-electron chi connectivity index (χ3n) is 16.7. The standard InChI is InChI=1S/C74H76BrN3O10Si/c1-74(2,3)89(61-34-18-8-19-35-61,62-36-20-9-21-37-62)86-51-63-66(80-50-57-38-41-58-32-22-23-33-59(58)44-57)67(81-49-56-39-42-60(75)43-40-56)64(77-78-76)73(87-63)88-72-69(83-46-53-26-12-5-13-27-53)65(79)68(82-45-52-24-10-4-11-25-52)70(84-47-54-28-14-6-15-29-54)71(72)85-48-55-30-16-7-17-31-55/h4-44,63-73,79H,45-51H2,1-3H3/t63-,64-,65-,66-,67-,68-,69-,70+,71-,72-,73-/m1/s1. The fourth-order valence-electron chi connectivity index (χ4n) is 12.3. The highest BCUT2D eigenvalue weighted by Gasteiger charge is 2.58. The average molecular weight is 1280 g/mol. The Bertz CT molecular complexity index is 3610. The van der Waals surface area contributed by atoms with Crippen LogP contribution in [0.1, 0.15) is 54.2 Å². The van der Waals surface area contributed by atoms with E-state index in [1.54, 1.807) is 0 Å². The van der Waals surface area contributed by atoms with Gasteiger partial charge in [0.05, 0.1) is 46.2 Å². The molecule has 1 aliphatic heterocycles. The van der Waals surface area contributed by atoms with Crippen molar-refractivity contribution < 1.29 is 47.4 Å². The monoisotopic (exact) mass is 1270 g/mol. The van der Waals surface area contributed by atoms with Crippen LogP contribution in [-0.2, 0) is 82.0 Å². The number of nitrogens with zero attached hydrogens (tertiary/aromatic N) is 3. The maximum Gasteiger partial charge on any atom is 0.261 e. The molecule has 0 spiro atoms. The summed E-state index contributed by atoms with van der Waals surface area (Å²) >= 11 is 3.61. The van der Waals surface area contributed by atoms with Gasteiger partial charge in [0.25, 0.3) is 8.32 Å². The van der Waals surface area contributed by atoms with E-state index in [0.717, 1.165) is 59.0 Å². The van der Waals surface area contributed by atoms with Gasteiger partial charge in [-0.05, 0) is 83.3 Å². The second-order valence-corrected chi connectivity index (χ2v) is 28.9. The zero-order valence-corrected chi connectivity index (χ0v) is 52.9. The van der Waals surface area contributed by atoms with Crippen LogP contribution in [-0.4, -0.2) is 87.3 Å². The summed E-state index contributed by atoms with van der Waals surface area (Å²) in [5.41, 5.74) is 16.2. The number of ether oxygens (including phenoxy) is 8. The molecule has 11 rings (SSSR count). The molecule has 458 valence electrons. The number of rotatable bonds is 26. The third kappa shape index (κ3) is 15.7. The van der Waals surface area contributed by atoms with Gasteiger partial charge in [0.2, 0.25) is 0 Å². The lowest BCUT2D eigenvalue weighted by Gasteiger charge is -2.51. The van der Waals surface area contributed by atoms with Crippen LogP contribution < -0.4 is 10.4 Å². The number of aliphatic hydroxyl groups excluding tert-OH is 1. The number of benzene rings is 9. The molecule has 15 heteroatoms. The van der Waals surface area contributed by atoms with Crippen molar-refractivity contribution in [1.82, 2.24) is 0 Å². The van der Waals surface area contributed by atoms with E-state index in [1.165, 1.54) is 0 Å². The van der Waals surface area contributed by atoms with Crippen molar-refractivity contribution in [3.63, 3.8) is 0 Å². The van der Waals surface area contributed by atoms with Gasteiger partial charge >= 0.3 is 0 Å². The van der Waals surface area contributed by atoms with Crippen molar-refractivity contribution >= 4 is 45.4 Å². The zero-order chi connectivity index (χ0) is 61.4. The normalized spacial score (nSPS) is 23.0. The van der Waals surface area contributed by atoms with Gasteiger partial charge in [0.15, 0.2) is 6.29 Å². The molecule has 13 nitrogen and oxygen atoms in total. The minimum absolute atomic E-state index is 0.00989. The van der Waals surface area contributed by atoms with Crippen LogP contribution >= 0.6 is 15.9 Å². The smallest absolute Gasteiger partial charge is 0.261 e. The molecule has 1 aliphatic carbocycles. The Morgan fingerprint density at radius 3 is 1.31 bits per heavy atom. The summed E-state index contributed by atoms with van der Waals surface area (Å²) in [6.07, 6.45) is -11.1. The van der Waals surface area contributed by atoms with E-state index in [-0.39, 0.29) is 46.2 Å². The van der Waals surface area contributed by atoms with Crippen LogP contribution in [0, 0.1) is 0 Å². The fraction of sp³-hybridized carbons (Fsp3) is 0.297. The molecule has 11 atom stereocenters. The van der Waals surface area contributed by atoms with E-state index in [2.05, 4.69) is 126 Å². The second-order valence-electron chi connectivity index (χ2n) is 23.7. The van der Waals surface area contributed by atoms with Gasteiger partial charge in [0, 0.05) is 9.38 Å². The van der Waals surface area contributed by atoms with Crippen molar-refractivity contribution in [3.05, 3.63) is 297 Å². The van der Waals surface area contributed by atoms with E-state index in [1.807, 2.05) is 170 Å². The summed E-state index contributed by atoms with van der Waals surface area (Å²) in [5, 5.41) is 21.7. The molecule has 1 N–H and O–H groups in total. The molecular weight excluding hydrogens is 1200 g/mol. The Balaban J connectivity index is 1.05. The minimum atomic E-state index is -3.29. The number of azide groups is 1. The lowest BCUT2D eigenvalue weighted by Crippen LogP contribution is -2.70. The summed E-state index contributed by atoms with van der Waals surface area (Å²) in [5.74, 6) is 0. The summed E-state index contributed by atoms with van der Waals surface area (Å²) in [6.45, 7) is 7.42. The Labute approximate surface area is 531 Å². The third-order valence-corrected chi connectivity index (χ3v) is 22.2. The van der Waals surface area contributed by atoms with Crippen molar-refractivity contribution in [2.75, 3.05) is 6.61 Å². The maximum absolute atomic E-state index is 13.3. The molecule has 2 aliphatic rings. The highest BCUT2D eigenvalue weighted by atomic mass is 79.9. The highest BCUT2D eigenvalue weighted by molar-refractivity contribution is 9.10. The van der Waals surface area contributed by atoms with E-state index in [9.17, 15) is 10.6 Å². The average Bonchev–Trinajstić information content (AvgIpc) is 0.900. The van der Waals surface area contributed by atoms with E-state index in [4.69, 9.17) is 42.3 Å². The number of halogens is 1. The Hall–Kier alpha value is -7.15. The summed E-state index contributed by atoms with van der Waals surface area (Å²) in [7, 11) is -3.29. The van der Waals surface area contributed by atoms with Crippen LogP contribution in [0.3, 0.4) is 0 Å². The molecule has 0 aromatic heterocycles. The quantitative estimate of drug-likeness (QED) is 0.0240. The summed E-state index contributed by atoms with van der Waals surface area (Å²) < 4.78 is 66.4. The van der Waals surface area contributed by atoms with Gasteiger partial charge < -0.3 is 47.4 Å². The first-order valence-corrected chi connectivity index (χ1v) is 33.1. The fourth-order valence-corrected chi connectivity index (χ4v) is 17.1. The lowest BCUT2D eigenvalue weighted by atomic mass is 9.83. The topological polar surface area (TPSA) is 152 Å². The molecule has 0 bridgehead atoms. The van der Waals surface area contributed by atoms with Crippen LogP contribution in [0.2, 0.25) is 5.04 Å². The predicted octanol–water partition coefficient (Wildman–Crippen LogP) is 14.2. The van der Waals surface area contributed by atoms with Gasteiger partial charge in [-0.2, -0.15) is 0 Å². The molecule has 89 heavy (non-hydrogen) atoms. The van der Waals surface area contributed by atoms with E-state index in [0.29, 0.717) is 0 Å². The molecule has 9 aromatic carbocycles. The first-order valence-electron chi connectivity index (χ1n) is 30.4. The van der Waals surface area contributed by atoms with Gasteiger partial charge in [-0.1, -0.05) is 272 Å². The largest absolute Gasteiger partial charge is 0.405 e. The van der Waals surface area contributed by atoms with E-state index < -0.39 is 80.6 Å². The minimum Gasteiger partial charge on any atom is -0.405 e. The lowest BCUT2D eigenvalue weighted by molar-refractivity contribution is -0.338. The summed E-state index contributed by atoms with van der Waals surface area (Å²) in [6, 6.07) is 81.3. The molecule has 1 heterocycles. The SMILES string of the molecule is CC(C)(C)[Si](OC[C@H]1O[C@H](O[C@H]2[C@H](OCc3ccccc3)[C@@H](OCc3ccccc3)[C@H](OCc3ccccc3)[C@@H](O)[C@H]2OCc2ccccc2)[C@H](N=[N+]=[N-])[C@@H](OCc2ccc(Br)cc2)[C@@H]1OCc1ccc2ccccc2c1)(c1ccccc1)c1ccccc1. The number of aliphatic hydroxyl groups is 1. The van der Waals surface area contributed by atoms with Crippen molar-refractivity contribution in [2.24, 2.45) is 5.11 Å². The Morgan fingerprint density at radius 2 is 0.831 bits per heavy atom. The van der Waals surface area contributed by atoms with Crippen LogP contribution in [0.25, 0.3) is 21.2 Å². The Kier molecular flexibility index (Phi) is 21.8. The van der Waals surface area contributed by atoms with Crippen LogP contribution in [0.5, 0.6) is 0 Å². The van der Waals surface area contributed by atoms with Gasteiger partial charge in [-0.25, -0.2) is 0 Å². The second kappa shape index (κ2) is 30.6. The van der Waals surface area contributed by atoms with Gasteiger partial charge in [-0.3, -0.25) is 0 Å². The first kappa shape index (κ1) is 63.4. The molecule has 0 amide bonds. The summed E-state index contributed by atoms with van der Waals surface area (Å²) in [4.78, 5) is 3.52. The molecule has 9 aromatic rings. The predicted molar refractivity (Wildman–Crippen MR) is 351 cm³/mol. The molecule has 0 unspecified atom stereocenters. The maximum atomic E-state index is 13.3. The van der Waals surface area contributed by atoms with Gasteiger partial charge in [0.1, 0.15) is 61.0 Å². The molecule has 1 saturated heterocycles. The first-order chi connectivity index (χ1) is 43.5. The van der Waals surface area contributed by atoms with E-state index >= 15 is 0 Å². The molecule has 2 fully saturated rings. The van der Waals surface area contributed by atoms with Crippen LogP contribution in [0.15, 0.2) is 258 Å². The van der Waals surface area contributed by atoms with Gasteiger partial charge in [-0.15, -0.1) is 0 Å². The zero-order valence-electron chi connectivity index (χ0n) is 50.3. The molecule has 0 radical (unpaired) electrons. The molecular formula is C74H76BrN3O10Si. The van der Waals surface area contributed by atoms with Crippen molar-refractivity contribution in [1.29, 1.82) is 0 Å².